The number of rotatable bonds is 7. The zero-order valence-electron chi connectivity index (χ0n) is 12.0. The number of aromatic nitrogens is 1. The average Bonchev–Trinajstić information content (AvgIpc) is 2.86. The molecule has 19 heavy (non-hydrogen) atoms. The lowest BCUT2D eigenvalue weighted by Crippen LogP contribution is -2.34. The molecule has 0 atom stereocenters. The summed E-state index contributed by atoms with van der Waals surface area (Å²) in [4.78, 5) is 2.34. The number of nitrogens with zero attached hydrogens (tertiary/aromatic N) is 2. The standard InChI is InChI=1S/C14H25N3O2/c1-3-6-15-10-12-9-14(19-16-12)11-18-13-4-7-17(2)8-5-13/h9,13,15H,3-8,10-11H2,1-2H3. The van der Waals surface area contributed by atoms with Gasteiger partial charge in [0.2, 0.25) is 0 Å². The van der Waals surface area contributed by atoms with Gasteiger partial charge in [-0.3, -0.25) is 0 Å². The molecular weight excluding hydrogens is 242 g/mol. The average molecular weight is 267 g/mol. The van der Waals surface area contributed by atoms with Crippen molar-refractivity contribution < 1.29 is 9.26 Å². The number of hydrogen-bond acceptors (Lipinski definition) is 5. The third-order valence-electron chi connectivity index (χ3n) is 3.47. The van der Waals surface area contributed by atoms with E-state index >= 15 is 0 Å². The molecule has 0 bridgehead atoms. The van der Waals surface area contributed by atoms with Crippen molar-refractivity contribution in [2.24, 2.45) is 0 Å². The molecule has 0 unspecified atom stereocenters. The molecule has 2 heterocycles. The van der Waals surface area contributed by atoms with Crippen molar-refractivity contribution in [1.82, 2.24) is 15.4 Å². The Kier molecular flexibility index (Phi) is 5.82. The highest BCUT2D eigenvalue weighted by molar-refractivity contribution is 5.04. The van der Waals surface area contributed by atoms with Gasteiger partial charge in [-0.15, -0.1) is 0 Å². The van der Waals surface area contributed by atoms with E-state index in [0.29, 0.717) is 12.7 Å². The number of piperidine rings is 1. The Labute approximate surface area is 115 Å². The van der Waals surface area contributed by atoms with E-state index in [4.69, 9.17) is 9.26 Å². The van der Waals surface area contributed by atoms with Crippen LogP contribution in [0, 0.1) is 0 Å². The lowest BCUT2D eigenvalue weighted by atomic mass is 10.1. The van der Waals surface area contributed by atoms with Crippen molar-refractivity contribution in [3.63, 3.8) is 0 Å². The van der Waals surface area contributed by atoms with E-state index in [1.165, 1.54) is 0 Å². The highest BCUT2D eigenvalue weighted by Crippen LogP contribution is 2.15. The molecule has 1 N–H and O–H groups in total. The second-order valence-electron chi connectivity index (χ2n) is 5.27. The predicted octanol–water partition coefficient (Wildman–Crippen LogP) is 1.78. The quantitative estimate of drug-likeness (QED) is 0.763. The SMILES string of the molecule is CCCNCc1cc(COC2CCN(C)CC2)on1. The Morgan fingerprint density at radius 3 is 3.00 bits per heavy atom. The van der Waals surface area contributed by atoms with Crippen LogP contribution < -0.4 is 5.32 Å². The Morgan fingerprint density at radius 1 is 1.47 bits per heavy atom. The smallest absolute Gasteiger partial charge is 0.162 e. The molecule has 1 aliphatic rings. The maximum Gasteiger partial charge on any atom is 0.162 e. The lowest BCUT2D eigenvalue weighted by Gasteiger charge is -2.28. The summed E-state index contributed by atoms with van der Waals surface area (Å²) in [5.74, 6) is 0.826. The van der Waals surface area contributed by atoms with E-state index in [1.54, 1.807) is 0 Å². The van der Waals surface area contributed by atoms with Crippen LogP contribution in [0.5, 0.6) is 0 Å². The Bertz CT molecular complexity index is 359. The maximum atomic E-state index is 5.88. The molecule has 1 fully saturated rings. The van der Waals surface area contributed by atoms with Crippen LogP contribution in [-0.4, -0.2) is 42.8 Å². The number of ether oxygens (including phenoxy) is 1. The van der Waals surface area contributed by atoms with Crippen LogP contribution in [0.2, 0.25) is 0 Å². The third-order valence-corrected chi connectivity index (χ3v) is 3.47. The first kappa shape index (κ1) is 14.5. The highest BCUT2D eigenvalue weighted by Gasteiger charge is 2.17. The van der Waals surface area contributed by atoms with Gasteiger partial charge in [0, 0.05) is 25.7 Å². The summed E-state index contributed by atoms with van der Waals surface area (Å²) in [6, 6.07) is 1.98. The van der Waals surface area contributed by atoms with Gasteiger partial charge in [0.1, 0.15) is 6.61 Å². The van der Waals surface area contributed by atoms with Gasteiger partial charge in [-0.1, -0.05) is 12.1 Å². The van der Waals surface area contributed by atoms with Gasteiger partial charge in [0.15, 0.2) is 5.76 Å². The molecule has 0 spiro atoms. The van der Waals surface area contributed by atoms with Crippen LogP contribution in [-0.2, 0) is 17.9 Å². The summed E-state index contributed by atoms with van der Waals surface area (Å²) in [7, 11) is 2.16. The summed E-state index contributed by atoms with van der Waals surface area (Å²) < 4.78 is 11.2. The molecule has 5 heteroatoms. The minimum atomic E-state index is 0.364. The van der Waals surface area contributed by atoms with E-state index in [-0.39, 0.29) is 0 Å². The molecule has 2 rings (SSSR count). The fourth-order valence-corrected chi connectivity index (χ4v) is 2.25. The van der Waals surface area contributed by atoms with Crippen molar-refractivity contribution in [2.75, 3.05) is 26.7 Å². The first-order chi connectivity index (χ1) is 9.28. The van der Waals surface area contributed by atoms with Crippen LogP contribution >= 0.6 is 0 Å². The zero-order valence-corrected chi connectivity index (χ0v) is 12.0. The maximum absolute atomic E-state index is 5.88. The molecule has 0 aromatic carbocycles. The molecular formula is C14H25N3O2. The molecule has 108 valence electrons. The number of nitrogens with one attached hydrogen (secondary N) is 1. The van der Waals surface area contributed by atoms with E-state index in [1.807, 2.05) is 6.07 Å². The van der Waals surface area contributed by atoms with Crippen molar-refractivity contribution >= 4 is 0 Å². The summed E-state index contributed by atoms with van der Waals surface area (Å²) in [6.45, 7) is 6.70. The number of hydrogen-bond donors (Lipinski definition) is 1. The second-order valence-corrected chi connectivity index (χ2v) is 5.27. The van der Waals surface area contributed by atoms with Gasteiger partial charge in [-0.25, -0.2) is 0 Å². The van der Waals surface area contributed by atoms with Gasteiger partial charge in [-0.05, 0) is 32.9 Å². The summed E-state index contributed by atoms with van der Waals surface area (Å²) in [6.07, 6.45) is 3.71. The first-order valence-corrected chi connectivity index (χ1v) is 7.23. The van der Waals surface area contributed by atoms with Gasteiger partial charge in [0.05, 0.1) is 11.8 Å². The molecule has 0 saturated carbocycles. The molecule has 1 saturated heterocycles. The molecule has 0 aliphatic carbocycles. The van der Waals surface area contributed by atoms with Crippen molar-refractivity contribution in [1.29, 1.82) is 0 Å². The third kappa shape index (κ3) is 4.93. The van der Waals surface area contributed by atoms with Crippen LogP contribution in [0.1, 0.15) is 37.6 Å². The van der Waals surface area contributed by atoms with Crippen LogP contribution in [0.4, 0.5) is 0 Å². The van der Waals surface area contributed by atoms with E-state index in [2.05, 4.69) is 29.3 Å². The van der Waals surface area contributed by atoms with Gasteiger partial charge in [-0.2, -0.15) is 0 Å². The van der Waals surface area contributed by atoms with E-state index in [0.717, 1.165) is 56.9 Å². The summed E-state index contributed by atoms with van der Waals surface area (Å²) in [5.41, 5.74) is 0.954. The second kappa shape index (κ2) is 7.62. The first-order valence-electron chi connectivity index (χ1n) is 7.23. The lowest BCUT2D eigenvalue weighted by molar-refractivity contribution is -0.00652. The minimum Gasteiger partial charge on any atom is -0.370 e. The molecule has 0 radical (unpaired) electrons. The van der Waals surface area contributed by atoms with Gasteiger partial charge in [0.25, 0.3) is 0 Å². The normalized spacial score (nSPS) is 18.0. The highest BCUT2D eigenvalue weighted by atomic mass is 16.5. The van der Waals surface area contributed by atoms with Crippen molar-refractivity contribution in [2.45, 2.75) is 45.4 Å². The zero-order chi connectivity index (χ0) is 13.5. The van der Waals surface area contributed by atoms with E-state index in [9.17, 15) is 0 Å². The molecule has 0 amide bonds. The van der Waals surface area contributed by atoms with Crippen LogP contribution in [0.15, 0.2) is 10.6 Å². The number of likely N-dealkylation sites (tertiary alicyclic amines) is 1. The Hall–Kier alpha value is -0.910. The predicted molar refractivity (Wildman–Crippen MR) is 73.8 cm³/mol. The monoisotopic (exact) mass is 267 g/mol. The molecule has 5 nitrogen and oxygen atoms in total. The summed E-state index contributed by atoms with van der Waals surface area (Å²) in [5, 5.41) is 7.34. The van der Waals surface area contributed by atoms with Crippen LogP contribution in [0.25, 0.3) is 0 Å². The van der Waals surface area contributed by atoms with Crippen molar-refractivity contribution in [3.05, 3.63) is 17.5 Å². The van der Waals surface area contributed by atoms with Gasteiger partial charge < -0.3 is 19.5 Å². The van der Waals surface area contributed by atoms with Gasteiger partial charge >= 0.3 is 0 Å². The summed E-state index contributed by atoms with van der Waals surface area (Å²) >= 11 is 0. The Balaban J connectivity index is 1.68. The fraction of sp³-hybridized carbons (Fsp3) is 0.786. The molecule has 1 aliphatic heterocycles. The molecule has 1 aromatic heterocycles. The fourth-order valence-electron chi connectivity index (χ4n) is 2.25. The molecule has 1 aromatic rings. The minimum absolute atomic E-state index is 0.364. The largest absolute Gasteiger partial charge is 0.370 e. The van der Waals surface area contributed by atoms with E-state index < -0.39 is 0 Å². The Morgan fingerprint density at radius 2 is 2.26 bits per heavy atom. The van der Waals surface area contributed by atoms with Crippen molar-refractivity contribution in [3.8, 4) is 0 Å². The van der Waals surface area contributed by atoms with Crippen LogP contribution in [0.3, 0.4) is 0 Å². The topological polar surface area (TPSA) is 50.5 Å².